The van der Waals surface area contributed by atoms with Gasteiger partial charge in [-0.1, -0.05) is 13.3 Å². The molecule has 6 heteroatoms. The van der Waals surface area contributed by atoms with Crippen LogP contribution in [0.25, 0.3) is 0 Å². The molecule has 0 N–H and O–H groups in total. The van der Waals surface area contributed by atoms with Crippen LogP contribution < -0.4 is 0 Å². The van der Waals surface area contributed by atoms with Crippen LogP contribution in [0.4, 0.5) is 5.82 Å². The van der Waals surface area contributed by atoms with Crippen molar-refractivity contribution in [3.8, 4) is 0 Å². The van der Waals surface area contributed by atoms with Crippen LogP contribution in [0.1, 0.15) is 30.1 Å². The lowest BCUT2D eigenvalue weighted by Gasteiger charge is -2.16. The molecule has 1 rings (SSSR count). The highest BCUT2D eigenvalue weighted by Crippen LogP contribution is 2.11. The molecule has 1 amide bonds. The van der Waals surface area contributed by atoms with Crippen LogP contribution in [0, 0.1) is 10.1 Å². The molecule has 0 aliphatic carbocycles. The highest BCUT2D eigenvalue weighted by molar-refractivity contribution is 5.94. The number of pyridine rings is 1. The summed E-state index contributed by atoms with van der Waals surface area (Å²) in [7, 11) is 1.68. The van der Waals surface area contributed by atoms with E-state index in [2.05, 4.69) is 4.98 Å². The van der Waals surface area contributed by atoms with Gasteiger partial charge in [-0.15, -0.1) is 0 Å². The molecule has 0 fully saturated rings. The zero-order valence-electron chi connectivity index (χ0n) is 9.92. The molecule has 0 aliphatic heterocycles. The number of nitrogens with zero attached hydrogens (tertiary/aromatic N) is 3. The zero-order chi connectivity index (χ0) is 12.8. The van der Waals surface area contributed by atoms with Crippen LogP contribution >= 0.6 is 0 Å². The van der Waals surface area contributed by atoms with Crippen LogP contribution in [0.2, 0.25) is 0 Å². The van der Waals surface area contributed by atoms with Crippen molar-refractivity contribution >= 4 is 11.7 Å². The van der Waals surface area contributed by atoms with E-state index in [9.17, 15) is 14.9 Å². The maximum Gasteiger partial charge on any atom is 0.364 e. The number of nitro groups is 1. The summed E-state index contributed by atoms with van der Waals surface area (Å²) in [5.74, 6) is -0.524. The molecule has 0 atom stereocenters. The van der Waals surface area contributed by atoms with Crippen molar-refractivity contribution in [3.63, 3.8) is 0 Å². The van der Waals surface area contributed by atoms with Crippen molar-refractivity contribution in [1.29, 1.82) is 0 Å². The lowest BCUT2D eigenvalue weighted by Crippen LogP contribution is -2.27. The average molecular weight is 237 g/mol. The van der Waals surface area contributed by atoms with Gasteiger partial charge in [-0.3, -0.25) is 4.79 Å². The van der Waals surface area contributed by atoms with Gasteiger partial charge in [-0.05, 0) is 22.4 Å². The molecule has 0 unspecified atom stereocenters. The summed E-state index contributed by atoms with van der Waals surface area (Å²) >= 11 is 0. The Morgan fingerprint density at radius 3 is 2.88 bits per heavy atom. The first-order chi connectivity index (χ1) is 8.06. The van der Waals surface area contributed by atoms with E-state index in [0.29, 0.717) is 12.1 Å². The standard InChI is InChI=1S/C11H15N3O3/c1-3-4-7-13(2)11(15)9-5-6-12-10(8-9)14(16)17/h5-6,8H,3-4,7H2,1-2H3. The third kappa shape index (κ3) is 3.51. The van der Waals surface area contributed by atoms with Crippen molar-refractivity contribution in [1.82, 2.24) is 9.88 Å². The van der Waals surface area contributed by atoms with Gasteiger partial charge in [-0.2, -0.15) is 0 Å². The molecule has 0 bridgehead atoms. The fourth-order valence-corrected chi connectivity index (χ4v) is 1.37. The highest BCUT2D eigenvalue weighted by Gasteiger charge is 2.15. The van der Waals surface area contributed by atoms with E-state index in [0.717, 1.165) is 12.8 Å². The molecule has 1 aromatic rings. The first kappa shape index (κ1) is 13.1. The molecule has 17 heavy (non-hydrogen) atoms. The van der Waals surface area contributed by atoms with Crippen molar-refractivity contribution in [2.75, 3.05) is 13.6 Å². The molecule has 1 heterocycles. The summed E-state index contributed by atoms with van der Waals surface area (Å²) in [4.78, 5) is 27.0. The van der Waals surface area contributed by atoms with Gasteiger partial charge in [0.05, 0.1) is 5.56 Å². The Hall–Kier alpha value is -1.98. The molecule has 0 radical (unpaired) electrons. The van der Waals surface area contributed by atoms with E-state index in [1.54, 1.807) is 11.9 Å². The molecule has 0 saturated carbocycles. The predicted molar refractivity (Wildman–Crippen MR) is 62.8 cm³/mol. The largest absolute Gasteiger partial charge is 0.364 e. The molecule has 0 aliphatic rings. The fraction of sp³-hybridized carbons (Fsp3) is 0.455. The Morgan fingerprint density at radius 1 is 1.59 bits per heavy atom. The van der Waals surface area contributed by atoms with Gasteiger partial charge in [0.2, 0.25) is 0 Å². The predicted octanol–water partition coefficient (Wildman–Crippen LogP) is 1.86. The second-order valence-corrected chi connectivity index (χ2v) is 3.74. The summed E-state index contributed by atoms with van der Waals surface area (Å²) in [5.41, 5.74) is 0.297. The molecule has 0 spiro atoms. The quantitative estimate of drug-likeness (QED) is 0.578. The summed E-state index contributed by atoms with van der Waals surface area (Å²) in [6.07, 6.45) is 3.18. The average Bonchev–Trinajstić information content (AvgIpc) is 2.35. The molecular formula is C11H15N3O3. The minimum absolute atomic E-state index is 0.219. The van der Waals surface area contributed by atoms with Crippen molar-refractivity contribution in [2.45, 2.75) is 19.8 Å². The van der Waals surface area contributed by atoms with Gasteiger partial charge in [-0.25, -0.2) is 0 Å². The minimum atomic E-state index is -0.608. The van der Waals surface area contributed by atoms with E-state index in [4.69, 9.17) is 0 Å². The van der Waals surface area contributed by atoms with Crippen LogP contribution in [-0.4, -0.2) is 34.3 Å². The van der Waals surface area contributed by atoms with Crippen LogP contribution in [0.5, 0.6) is 0 Å². The molecule has 0 aromatic carbocycles. The zero-order valence-corrected chi connectivity index (χ0v) is 9.92. The van der Waals surface area contributed by atoms with E-state index >= 15 is 0 Å². The highest BCUT2D eigenvalue weighted by atomic mass is 16.6. The van der Waals surface area contributed by atoms with Gasteiger partial charge < -0.3 is 15.0 Å². The van der Waals surface area contributed by atoms with Crippen molar-refractivity contribution in [2.24, 2.45) is 0 Å². The SMILES string of the molecule is CCCCN(C)C(=O)c1ccnc([N+](=O)[O-])c1. The normalized spacial score (nSPS) is 10.0. The second-order valence-electron chi connectivity index (χ2n) is 3.74. The lowest BCUT2D eigenvalue weighted by atomic mass is 10.2. The van der Waals surface area contributed by atoms with E-state index in [1.165, 1.54) is 18.3 Å². The topological polar surface area (TPSA) is 76.3 Å². The van der Waals surface area contributed by atoms with Gasteiger partial charge in [0.1, 0.15) is 6.20 Å². The molecule has 92 valence electrons. The molecular weight excluding hydrogens is 222 g/mol. The third-order valence-corrected chi connectivity index (χ3v) is 2.37. The molecule has 6 nitrogen and oxygen atoms in total. The number of hydrogen-bond donors (Lipinski definition) is 0. The smallest absolute Gasteiger partial charge is 0.358 e. The third-order valence-electron chi connectivity index (χ3n) is 2.37. The van der Waals surface area contributed by atoms with E-state index < -0.39 is 4.92 Å². The van der Waals surface area contributed by atoms with Crippen molar-refractivity contribution < 1.29 is 9.72 Å². The van der Waals surface area contributed by atoms with E-state index in [1.807, 2.05) is 6.92 Å². The van der Waals surface area contributed by atoms with E-state index in [-0.39, 0.29) is 11.7 Å². The number of carbonyl (C=O) groups is 1. The summed E-state index contributed by atoms with van der Waals surface area (Å²) in [6.45, 7) is 2.68. The number of aromatic nitrogens is 1. The van der Waals surface area contributed by atoms with Crippen molar-refractivity contribution in [3.05, 3.63) is 34.0 Å². The van der Waals surface area contributed by atoms with Gasteiger partial charge in [0.25, 0.3) is 5.91 Å². The Balaban J connectivity index is 2.81. The van der Waals surface area contributed by atoms with Crippen LogP contribution in [0.15, 0.2) is 18.3 Å². The Morgan fingerprint density at radius 2 is 2.29 bits per heavy atom. The Labute approximate surface area is 99.4 Å². The number of rotatable bonds is 5. The number of amides is 1. The van der Waals surface area contributed by atoms with Crippen LogP contribution in [0.3, 0.4) is 0 Å². The summed E-state index contributed by atoms with van der Waals surface area (Å²) in [6, 6.07) is 2.68. The van der Waals surface area contributed by atoms with Gasteiger partial charge >= 0.3 is 5.82 Å². The first-order valence-electron chi connectivity index (χ1n) is 5.42. The maximum atomic E-state index is 11.9. The maximum absolute atomic E-state index is 11.9. The minimum Gasteiger partial charge on any atom is -0.358 e. The number of unbranched alkanes of at least 4 members (excludes halogenated alkanes) is 1. The monoisotopic (exact) mass is 237 g/mol. The number of hydrogen-bond acceptors (Lipinski definition) is 4. The fourth-order valence-electron chi connectivity index (χ4n) is 1.37. The number of carbonyl (C=O) groups excluding carboxylic acids is 1. The Bertz CT molecular complexity index is 420. The first-order valence-corrected chi connectivity index (χ1v) is 5.42. The molecule has 1 aromatic heterocycles. The summed E-state index contributed by atoms with van der Waals surface area (Å²) in [5, 5.41) is 10.5. The van der Waals surface area contributed by atoms with Gasteiger partial charge in [0, 0.05) is 19.7 Å². The molecule has 0 saturated heterocycles. The lowest BCUT2D eigenvalue weighted by molar-refractivity contribution is -0.389. The van der Waals surface area contributed by atoms with Gasteiger partial charge in [0.15, 0.2) is 0 Å². The van der Waals surface area contributed by atoms with Crippen LogP contribution in [-0.2, 0) is 0 Å². The summed E-state index contributed by atoms with van der Waals surface area (Å²) < 4.78 is 0. The second kappa shape index (κ2) is 5.93. The Kier molecular flexibility index (Phi) is 4.56.